The maximum Gasteiger partial charge on any atom is 0.272 e. The third-order valence-electron chi connectivity index (χ3n) is 7.06. The molecule has 1 aromatic carbocycles. The van der Waals surface area contributed by atoms with Crippen LogP contribution in [0.25, 0.3) is 0 Å². The van der Waals surface area contributed by atoms with Crippen LogP contribution in [0.5, 0.6) is 11.5 Å². The number of benzene rings is 1. The van der Waals surface area contributed by atoms with Gasteiger partial charge in [-0.05, 0) is 37.5 Å². The summed E-state index contributed by atoms with van der Waals surface area (Å²) >= 11 is 0. The van der Waals surface area contributed by atoms with E-state index in [-0.39, 0.29) is 42.3 Å². The van der Waals surface area contributed by atoms with E-state index in [9.17, 15) is 14.4 Å². The number of nitrogens with one attached hydrogen (secondary N) is 2. The van der Waals surface area contributed by atoms with Crippen molar-refractivity contribution in [3.63, 3.8) is 0 Å². The van der Waals surface area contributed by atoms with Crippen molar-refractivity contribution in [3.05, 3.63) is 41.2 Å². The third kappa shape index (κ3) is 4.82. The molecule has 0 radical (unpaired) electrons. The van der Waals surface area contributed by atoms with Gasteiger partial charge in [-0.2, -0.15) is 5.10 Å². The molecule has 0 bridgehead atoms. The van der Waals surface area contributed by atoms with Gasteiger partial charge < -0.3 is 25.0 Å². The molecule has 1 saturated carbocycles. The summed E-state index contributed by atoms with van der Waals surface area (Å²) in [6, 6.07) is 6.99. The first kappa shape index (κ1) is 24.6. The lowest BCUT2D eigenvalue weighted by Crippen LogP contribution is -2.63. The van der Waals surface area contributed by atoms with Gasteiger partial charge in [0.05, 0.1) is 20.8 Å². The lowest BCUT2D eigenvalue weighted by atomic mass is 9.92. The monoisotopic (exact) mass is 483 g/mol. The second-order valence-electron chi connectivity index (χ2n) is 9.39. The lowest BCUT2D eigenvalue weighted by Gasteiger charge is -2.41. The molecular formula is C25H33N5O5. The molecule has 1 atom stereocenters. The number of aromatic nitrogens is 2. The summed E-state index contributed by atoms with van der Waals surface area (Å²) in [4.78, 5) is 40.6. The fraction of sp³-hybridized carbons (Fsp3) is 0.520. The van der Waals surface area contributed by atoms with Crippen molar-refractivity contribution in [1.29, 1.82) is 0 Å². The fourth-order valence-corrected chi connectivity index (χ4v) is 4.69. The Labute approximate surface area is 204 Å². The van der Waals surface area contributed by atoms with Gasteiger partial charge in [-0.25, -0.2) is 0 Å². The minimum atomic E-state index is -1.10. The van der Waals surface area contributed by atoms with Crippen molar-refractivity contribution in [2.75, 3.05) is 21.3 Å². The molecule has 2 aliphatic rings. The molecule has 10 nitrogen and oxygen atoms in total. The number of nitrogens with zero attached hydrogens (tertiary/aromatic N) is 3. The molecule has 0 unspecified atom stereocenters. The van der Waals surface area contributed by atoms with Crippen LogP contribution in [0.15, 0.2) is 24.3 Å². The Bertz CT molecular complexity index is 1120. The van der Waals surface area contributed by atoms with Crippen molar-refractivity contribution < 1.29 is 23.9 Å². The lowest BCUT2D eigenvalue weighted by molar-refractivity contribution is -0.133. The van der Waals surface area contributed by atoms with E-state index in [2.05, 4.69) is 15.7 Å². The number of likely N-dealkylation sites (N-methyl/N-ethyl adjacent to an activating group) is 1. The number of methoxy groups -OCH3 is 2. The molecule has 1 fully saturated rings. The van der Waals surface area contributed by atoms with E-state index in [0.29, 0.717) is 11.5 Å². The van der Waals surface area contributed by atoms with Crippen LogP contribution in [0, 0.1) is 0 Å². The predicted octanol–water partition coefficient (Wildman–Crippen LogP) is 2.12. The Morgan fingerprint density at radius 1 is 1.11 bits per heavy atom. The molecule has 10 heteroatoms. The van der Waals surface area contributed by atoms with Gasteiger partial charge >= 0.3 is 0 Å². The molecule has 2 heterocycles. The first-order chi connectivity index (χ1) is 16.8. The van der Waals surface area contributed by atoms with Crippen LogP contribution in [-0.2, 0) is 17.9 Å². The molecule has 1 aliphatic heterocycles. The zero-order chi connectivity index (χ0) is 25.2. The van der Waals surface area contributed by atoms with Gasteiger partial charge in [0.25, 0.3) is 11.8 Å². The van der Waals surface area contributed by atoms with Crippen LogP contribution in [0.4, 0.5) is 0 Å². The number of ether oxygens (including phenoxy) is 2. The Morgan fingerprint density at radius 2 is 1.83 bits per heavy atom. The summed E-state index contributed by atoms with van der Waals surface area (Å²) in [5.41, 5.74) is 0.134. The van der Waals surface area contributed by atoms with Crippen LogP contribution < -0.4 is 20.1 Å². The highest BCUT2D eigenvalue weighted by Gasteiger charge is 2.46. The average Bonchev–Trinajstić information content (AvgIpc) is 3.30. The van der Waals surface area contributed by atoms with Crippen LogP contribution in [-0.4, -0.2) is 65.2 Å². The zero-order valence-electron chi connectivity index (χ0n) is 20.7. The number of fused-ring (bicyclic) bond motifs is 1. The quantitative estimate of drug-likeness (QED) is 0.624. The van der Waals surface area contributed by atoms with Gasteiger partial charge in [-0.3, -0.25) is 19.1 Å². The van der Waals surface area contributed by atoms with E-state index < -0.39 is 11.4 Å². The number of carbonyl (C=O) groups is 3. The number of carbonyl (C=O) groups excluding carboxylic acids is 3. The van der Waals surface area contributed by atoms with Crippen molar-refractivity contribution >= 4 is 17.7 Å². The molecule has 0 saturated heterocycles. The Hall–Kier alpha value is -3.56. The molecule has 0 spiro atoms. The van der Waals surface area contributed by atoms with Crippen LogP contribution in [0.3, 0.4) is 0 Å². The Balaban J connectivity index is 1.46. The minimum absolute atomic E-state index is 0.124. The van der Waals surface area contributed by atoms with Gasteiger partial charge in [-0.1, -0.05) is 25.3 Å². The molecule has 1 aromatic heterocycles. The van der Waals surface area contributed by atoms with E-state index in [0.717, 1.165) is 31.2 Å². The van der Waals surface area contributed by atoms with Gasteiger partial charge in [0, 0.05) is 25.7 Å². The fourth-order valence-electron chi connectivity index (χ4n) is 4.69. The van der Waals surface area contributed by atoms with E-state index >= 15 is 0 Å². The Morgan fingerprint density at radius 3 is 2.51 bits per heavy atom. The molecule has 35 heavy (non-hydrogen) atoms. The number of hydrogen-bond donors (Lipinski definition) is 2. The van der Waals surface area contributed by atoms with Gasteiger partial charge in [-0.15, -0.1) is 0 Å². The number of rotatable bonds is 7. The van der Waals surface area contributed by atoms with Crippen LogP contribution >= 0.6 is 0 Å². The normalized spacial score (nSPS) is 20.2. The third-order valence-corrected chi connectivity index (χ3v) is 7.06. The van der Waals surface area contributed by atoms with E-state index in [1.165, 1.54) is 22.1 Å². The zero-order valence-corrected chi connectivity index (χ0v) is 20.7. The largest absolute Gasteiger partial charge is 0.493 e. The summed E-state index contributed by atoms with van der Waals surface area (Å²) in [6.07, 6.45) is 5.30. The average molecular weight is 484 g/mol. The number of amides is 3. The maximum atomic E-state index is 13.2. The van der Waals surface area contributed by atoms with Crippen molar-refractivity contribution in [3.8, 4) is 11.5 Å². The van der Waals surface area contributed by atoms with Gasteiger partial charge in [0.15, 0.2) is 17.2 Å². The topological polar surface area (TPSA) is 115 Å². The molecular weight excluding hydrogens is 450 g/mol. The van der Waals surface area contributed by atoms with E-state index in [1.807, 2.05) is 6.07 Å². The molecule has 4 rings (SSSR count). The van der Waals surface area contributed by atoms with Crippen molar-refractivity contribution in [1.82, 2.24) is 25.3 Å². The van der Waals surface area contributed by atoms with Gasteiger partial charge in [0.1, 0.15) is 11.2 Å². The molecule has 3 amide bonds. The predicted molar refractivity (Wildman–Crippen MR) is 128 cm³/mol. The maximum absolute atomic E-state index is 13.2. The second-order valence-corrected chi connectivity index (χ2v) is 9.39. The van der Waals surface area contributed by atoms with E-state index in [1.54, 1.807) is 40.3 Å². The highest BCUT2D eigenvalue weighted by molar-refractivity contribution is 6.01. The minimum Gasteiger partial charge on any atom is -0.493 e. The summed E-state index contributed by atoms with van der Waals surface area (Å²) in [7, 11) is 4.73. The first-order valence-corrected chi connectivity index (χ1v) is 11.9. The highest BCUT2D eigenvalue weighted by Crippen LogP contribution is 2.29. The summed E-state index contributed by atoms with van der Waals surface area (Å²) in [5.74, 6) is 0.217. The Kier molecular flexibility index (Phi) is 7.00. The van der Waals surface area contributed by atoms with Crippen molar-refractivity contribution in [2.24, 2.45) is 0 Å². The second kappa shape index (κ2) is 9.97. The van der Waals surface area contributed by atoms with E-state index in [4.69, 9.17) is 9.47 Å². The van der Waals surface area contributed by atoms with Crippen LogP contribution in [0.1, 0.15) is 65.6 Å². The van der Waals surface area contributed by atoms with Gasteiger partial charge in [0.2, 0.25) is 5.91 Å². The van der Waals surface area contributed by atoms with Crippen LogP contribution in [0.2, 0.25) is 0 Å². The summed E-state index contributed by atoms with van der Waals surface area (Å²) in [5, 5.41) is 10.3. The first-order valence-electron chi connectivity index (χ1n) is 11.9. The smallest absolute Gasteiger partial charge is 0.272 e. The molecule has 188 valence electrons. The SMILES string of the molecule is COc1ccc(CNC(=O)c2cc3n(n2)C[C@@](C)(C(=O)NC2CCCCC2)N(C)C3=O)cc1OC. The summed E-state index contributed by atoms with van der Waals surface area (Å²) < 4.78 is 12.0. The molecule has 2 N–H and O–H groups in total. The highest BCUT2D eigenvalue weighted by atomic mass is 16.5. The standard InChI is InChI=1S/C25H33N5O5/c1-25(24(33)27-17-8-6-5-7-9-17)15-30-19(23(32)29(25)2)13-18(28-30)22(31)26-14-16-10-11-20(34-3)21(12-16)35-4/h10-13,17H,5-9,14-15H2,1-4H3,(H,26,31)(H,27,33)/t25-/m0/s1. The molecule has 1 aliphatic carbocycles. The summed E-state index contributed by atoms with van der Waals surface area (Å²) in [6.45, 7) is 2.16. The molecule has 2 aromatic rings. The van der Waals surface area contributed by atoms with Crippen molar-refractivity contribution in [2.45, 2.75) is 63.7 Å². The number of hydrogen-bond acceptors (Lipinski definition) is 6.